The van der Waals surface area contributed by atoms with Crippen molar-refractivity contribution in [2.75, 3.05) is 6.61 Å². The van der Waals surface area contributed by atoms with E-state index >= 15 is 0 Å². The molecule has 0 atom stereocenters. The van der Waals surface area contributed by atoms with Gasteiger partial charge in [-0.25, -0.2) is 4.98 Å². The quantitative estimate of drug-likeness (QED) is 0.600. The van der Waals surface area contributed by atoms with Crippen molar-refractivity contribution in [3.8, 4) is 11.8 Å². The topological polar surface area (TPSA) is 34.5 Å². The SMILES string of the molecule is CCO/N=C1/C=C(C#Cc2cccc(C)n2)CCC1. The first-order chi connectivity index (χ1) is 9.28. The smallest absolute Gasteiger partial charge is 0.114 e. The number of aryl methyl sites for hydroxylation is 1. The Bertz CT molecular complexity index is 562. The molecule has 3 nitrogen and oxygen atoms in total. The lowest BCUT2D eigenvalue weighted by molar-refractivity contribution is 0.158. The van der Waals surface area contributed by atoms with Gasteiger partial charge in [0.2, 0.25) is 0 Å². The Kier molecular flexibility index (Phi) is 4.74. The summed E-state index contributed by atoms with van der Waals surface area (Å²) in [6, 6.07) is 5.88. The van der Waals surface area contributed by atoms with E-state index in [1.54, 1.807) is 0 Å². The molecule has 98 valence electrons. The molecule has 0 aliphatic heterocycles. The Hall–Kier alpha value is -2.08. The Morgan fingerprint density at radius 3 is 3.00 bits per heavy atom. The minimum absolute atomic E-state index is 0.603. The number of pyridine rings is 1. The minimum Gasteiger partial charge on any atom is -0.396 e. The highest BCUT2D eigenvalue weighted by Gasteiger charge is 2.07. The van der Waals surface area contributed by atoms with Crippen LogP contribution in [0.4, 0.5) is 0 Å². The molecule has 0 bridgehead atoms. The number of aromatic nitrogens is 1. The van der Waals surface area contributed by atoms with Crippen LogP contribution in [0.15, 0.2) is 35.0 Å². The first-order valence-electron chi connectivity index (χ1n) is 6.63. The predicted octanol–water partition coefficient (Wildman–Crippen LogP) is 3.24. The molecule has 0 saturated heterocycles. The molecule has 1 aliphatic rings. The summed E-state index contributed by atoms with van der Waals surface area (Å²) in [6.45, 7) is 4.50. The lowest BCUT2D eigenvalue weighted by atomic mass is 9.98. The van der Waals surface area contributed by atoms with Crippen LogP contribution in [-0.4, -0.2) is 17.3 Å². The predicted molar refractivity (Wildman–Crippen MR) is 76.8 cm³/mol. The van der Waals surface area contributed by atoms with Gasteiger partial charge in [0.25, 0.3) is 0 Å². The van der Waals surface area contributed by atoms with E-state index in [0.29, 0.717) is 6.61 Å². The van der Waals surface area contributed by atoms with Crippen LogP contribution in [0.2, 0.25) is 0 Å². The summed E-state index contributed by atoms with van der Waals surface area (Å²) in [5.41, 5.74) is 3.89. The Morgan fingerprint density at radius 2 is 2.21 bits per heavy atom. The molecule has 1 heterocycles. The maximum absolute atomic E-state index is 5.08. The average Bonchev–Trinajstić information content (AvgIpc) is 2.43. The summed E-state index contributed by atoms with van der Waals surface area (Å²) in [7, 11) is 0. The molecule has 1 aromatic heterocycles. The van der Waals surface area contributed by atoms with Gasteiger partial charge in [0.15, 0.2) is 0 Å². The first kappa shape index (κ1) is 13.4. The fourth-order valence-electron chi connectivity index (χ4n) is 1.88. The molecule has 0 radical (unpaired) electrons. The molecule has 2 rings (SSSR count). The van der Waals surface area contributed by atoms with Gasteiger partial charge >= 0.3 is 0 Å². The van der Waals surface area contributed by atoms with Crippen LogP contribution in [0, 0.1) is 18.8 Å². The van der Waals surface area contributed by atoms with Crippen molar-refractivity contribution in [3.63, 3.8) is 0 Å². The summed E-state index contributed by atoms with van der Waals surface area (Å²) in [4.78, 5) is 9.45. The monoisotopic (exact) mass is 254 g/mol. The average molecular weight is 254 g/mol. The molecule has 0 spiro atoms. The molecule has 0 amide bonds. The standard InChI is InChI=1S/C16H18N2O/c1-3-19-18-16-9-5-7-14(12-16)10-11-15-8-4-6-13(2)17-15/h4,6,8,12H,3,5,7,9H2,1-2H3/b18-16+. The van der Waals surface area contributed by atoms with E-state index in [4.69, 9.17) is 4.84 Å². The number of rotatable bonds is 2. The van der Waals surface area contributed by atoms with Gasteiger partial charge in [0, 0.05) is 11.3 Å². The molecule has 0 fully saturated rings. The van der Waals surface area contributed by atoms with Gasteiger partial charge in [-0.2, -0.15) is 0 Å². The molecule has 1 aromatic rings. The van der Waals surface area contributed by atoms with Gasteiger partial charge in [-0.15, -0.1) is 0 Å². The molecule has 0 saturated carbocycles. The number of hydrogen-bond donors (Lipinski definition) is 0. The van der Waals surface area contributed by atoms with Gasteiger partial charge in [-0.1, -0.05) is 17.1 Å². The lowest BCUT2D eigenvalue weighted by Crippen LogP contribution is -2.03. The third kappa shape index (κ3) is 4.26. The zero-order valence-corrected chi connectivity index (χ0v) is 11.4. The van der Waals surface area contributed by atoms with Crippen molar-refractivity contribution in [2.45, 2.75) is 33.1 Å². The molecule has 0 aromatic carbocycles. The van der Waals surface area contributed by atoms with Gasteiger partial charge in [0.1, 0.15) is 12.3 Å². The fraction of sp³-hybridized carbons (Fsp3) is 0.375. The second-order valence-electron chi connectivity index (χ2n) is 4.44. The molecule has 3 heteroatoms. The highest BCUT2D eigenvalue weighted by Crippen LogP contribution is 2.15. The van der Waals surface area contributed by atoms with Crippen LogP contribution in [0.3, 0.4) is 0 Å². The maximum Gasteiger partial charge on any atom is 0.114 e. The summed E-state index contributed by atoms with van der Waals surface area (Å²) >= 11 is 0. The van der Waals surface area contributed by atoms with Crippen LogP contribution in [0.5, 0.6) is 0 Å². The normalized spacial score (nSPS) is 16.5. The van der Waals surface area contributed by atoms with E-state index in [1.807, 2.05) is 38.1 Å². The first-order valence-corrected chi connectivity index (χ1v) is 6.63. The van der Waals surface area contributed by atoms with E-state index in [0.717, 1.165) is 41.9 Å². The van der Waals surface area contributed by atoms with Crippen molar-refractivity contribution >= 4 is 5.71 Å². The molecular formula is C16H18N2O. The third-order valence-electron chi connectivity index (χ3n) is 2.77. The molecular weight excluding hydrogens is 236 g/mol. The summed E-state index contributed by atoms with van der Waals surface area (Å²) in [5.74, 6) is 6.29. The fourth-order valence-corrected chi connectivity index (χ4v) is 1.88. The zero-order chi connectivity index (χ0) is 13.5. The highest BCUT2D eigenvalue weighted by atomic mass is 16.6. The van der Waals surface area contributed by atoms with Gasteiger partial charge in [0.05, 0.1) is 5.71 Å². The van der Waals surface area contributed by atoms with E-state index in [-0.39, 0.29) is 0 Å². The summed E-state index contributed by atoms with van der Waals surface area (Å²) in [5, 5.41) is 4.08. The Labute approximate surface area is 114 Å². The van der Waals surface area contributed by atoms with Crippen molar-refractivity contribution < 1.29 is 4.84 Å². The van der Waals surface area contributed by atoms with Crippen molar-refractivity contribution in [1.82, 2.24) is 4.98 Å². The largest absolute Gasteiger partial charge is 0.396 e. The van der Waals surface area contributed by atoms with Crippen molar-refractivity contribution in [3.05, 3.63) is 41.2 Å². The van der Waals surface area contributed by atoms with E-state index < -0.39 is 0 Å². The van der Waals surface area contributed by atoms with Crippen LogP contribution >= 0.6 is 0 Å². The lowest BCUT2D eigenvalue weighted by Gasteiger charge is -2.09. The third-order valence-corrected chi connectivity index (χ3v) is 2.77. The Balaban J connectivity index is 2.12. The van der Waals surface area contributed by atoms with Crippen molar-refractivity contribution in [2.24, 2.45) is 5.16 Å². The van der Waals surface area contributed by atoms with Crippen LogP contribution in [0.1, 0.15) is 37.6 Å². The van der Waals surface area contributed by atoms with E-state index in [9.17, 15) is 0 Å². The van der Waals surface area contributed by atoms with Crippen LogP contribution in [-0.2, 0) is 4.84 Å². The number of allylic oxidation sites excluding steroid dienone is 2. The molecule has 0 unspecified atom stereocenters. The van der Waals surface area contributed by atoms with Crippen molar-refractivity contribution in [1.29, 1.82) is 0 Å². The van der Waals surface area contributed by atoms with Gasteiger partial charge < -0.3 is 4.84 Å². The van der Waals surface area contributed by atoms with E-state index in [2.05, 4.69) is 22.0 Å². The molecule has 1 aliphatic carbocycles. The second-order valence-corrected chi connectivity index (χ2v) is 4.44. The van der Waals surface area contributed by atoms with Crippen LogP contribution in [0.25, 0.3) is 0 Å². The maximum atomic E-state index is 5.08. The zero-order valence-electron chi connectivity index (χ0n) is 11.4. The molecule has 19 heavy (non-hydrogen) atoms. The van der Waals surface area contributed by atoms with Gasteiger partial charge in [-0.05, 0) is 57.2 Å². The number of nitrogens with zero attached hydrogens (tertiary/aromatic N) is 2. The highest BCUT2D eigenvalue weighted by molar-refractivity contribution is 5.96. The van der Waals surface area contributed by atoms with Crippen LogP contribution < -0.4 is 0 Å². The number of oxime groups is 1. The van der Waals surface area contributed by atoms with E-state index in [1.165, 1.54) is 0 Å². The number of hydrogen-bond acceptors (Lipinski definition) is 3. The summed E-state index contributed by atoms with van der Waals surface area (Å²) < 4.78 is 0. The molecule has 0 N–H and O–H groups in total. The summed E-state index contributed by atoms with van der Waals surface area (Å²) in [6.07, 6.45) is 5.08. The Morgan fingerprint density at radius 1 is 1.32 bits per heavy atom. The minimum atomic E-state index is 0.603. The second kappa shape index (κ2) is 6.75. The van der Waals surface area contributed by atoms with Gasteiger partial charge in [-0.3, -0.25) is 0 Å².